The molecular weight excluding hydrogens is 305 g/mol. The maximum absolute atomic E-state index is 5.95. The van der Waals surface area contributed by atoms with Crippen LogP contribution < -0.4 is 5.32 Å². The molecule has 5 heteroatoms. The highest BCUT2D eigenvalue weighted by Gasteiger charge is 1.99. The molecule has 0 saturated carbocycles. The van der Waals surface area contributed by atoms with Crippen LogP contribution in [-0.4, -0.2) is 19.8 Å². The van der Waals surface area contributed by atoms with Gasteiger partial charge < -0.3 is 10.1 Å². The summed E-state index contributed by atoms with van der Waals surface area (Å²) in [6.07, 6.45) is 3.37. The topological polar surface area (TPSA) is 21.3 Å². The van der Waals surface area contributed by atoms with Crippen LogP contribution in [0.25, 0.3) is 0 Å². The Morgan fingerprint density at radius 3 is 2.53 bits per heavy atom. The zero-order chi connectivity index (χ0) is 13.2. The lowest BCUT2D eigenvalue weighted by molar-refractivity contribution is 0.129. The van der Waals surface area contributed by atoms with Crippen LogP contribution in [0.2, 0.25) is 10.0 Å². The summed E-state index contributed by atoms with van der Waals surface area (Å²) in [7, 11) is 0. The van der Waals surface area contributed by atoms with E-state index in [0.717, 1.165) is 44.7 Å². The van der Waals surface area contributed by atoms with Gasteiger partial charge in [0.05, 0.1) is 10.0 Å². The number of hydrogen-bond donors (Lipinski definition) is 1. The summed E-state index contributed by atoms with van der Waals surface area (Å²) in [6.45, 7) is 5.64. The van der Waals surface area contributed by atoms with Gasteiger partial charge in [0.2, 0.25) is 0 Å². The van der Waals surface area contributed by atoms with Crippen molar-refractivity contribution in [2.45, 2.75) is 32.7 Å². The monoisotopic (exact) mass is 325 g/mol. The van der Waals surface area contributed by atoms with Crippen LogP contribution in [0.1, 0.15) is 31.7 Å². The maximum atomic E-state index is 5.95. The number of rotatable bonds is 9. The van der Waals surface area contributed by atoms with Crippen LogP contribution in [0.4, 0.5) is 0 Å². The Kier molecular flexibility index (Phi) is 11.8. The first kappa shape index (κ1) is 19.0. The molecule has 0 radical (unpaired) electrons. The van der Waals surface area contributed by atoms with Gasteiger partial charge in [-0.2, -0.15) is 0 Å². The molecule has 1 N–H and O–H groups in total. The number of benzene rings is 1. The second-order valence-electron chi connectivity index (χ2n) is 4.24. The number of halogens is 3. The van der Waals surface area contributed by atoms with Gasteiger partial charge in [0.1, 0.15) is 0 Å². The minimum Gasteiger partial charge on any atom is -0.381 e. The van der Waals surface area contributed by atoms with Gasteiger partial charge in [-0.1, -0.05) is 42.6 Å². The molecule has 0 amide bonds. The molecule has 1 aromatic rings. The quantitative estimate of drug-likeness (QED) is 0.663. The predicted molar refractivity (Wildman–Crippen MR) is 85.8 cm³/mol. The average molecular weight is 327 g/mol. The molecule has 0 bridgehead atoms. The molecule has 0 fully saturated rings. The summed E-state index contributed by atoms with van der Waals surface area (Å²) in [5, 5.41) is 4.57. The van der Waals surface area contributed by atoms with Crippen molar-refractivity contribution in [1.29, 1.82) is 0 Å². The van der Waals surface area contributed by atoms with Gasteiger partial charge in [-0.3, -0.25) is 0 Å². The smallest absolute Gasteiger partial charge is 0.0595 e. The van der Waals surface area contributed by atoms with Crippen LogP contribution in [0.15, 0.2) is 18.2 Å². The van der Waals surface area contributed by atoms with E-state index < -0.39 is 0 Å². The summed E-state index contributed by atoms with van der Waals surface area (Å²) >= 11 is 11.8. The lowest BCUT2D eigenvalue weighted by Gasteiger charge is -2.06. The summed E-state index contributed by atoms with van der Waals surface area (Å²) in [4.78, 5) is 0. The third-order valence-electron chi connectivity index (χ3n) is 2.60. The van der Waals surface area contributed by atoms with Gasteiger partial charge in [-0.05, 0) is 37.1 Å². The zero-order valence-electron chi connectivity index (χ0n) is 11.3. The fraction of sp³-hybridized carbons (Fsp3) is 0.571. The molecule has 2 nitrogen and oxygen atoms in total. The first-order chi connectivity index (χ1) is 8.74. The van der Waals surface area contributed by atoms with E-state index >= 15 is 0 Å². The molecule has 0 spiro atoms. The van der Waals surface area contributed by atoms with Crippen molar-refractivity contribution in [3.8, 4) is 0 Å². The summed E-state index contributed by atoms with van der Waals surface area (Å²) in [6, 6.07) is 5.71. The molecule has 110 valence electrons. The van der Waals surface area contributed by atoms with Gasteiger partial charge >= 0.3 is 0 Å². The van der Waals surface area contributed by atoms with Crippen molar-refractivity contribution in [3.05, 3.63) is 33.8 Å². The Labute approximate surface area is 132 Å². The van der Waals surface area contributed by atoms with Crippen LogP contribution in [-0.2, 0) is 11.3 Å². The van der Waals surface area contributed by atoms with E-state index in [2.05, 4.69) is 12.2 Å². The molecule has 0 aromatic heterocycles. The highest BCUT2D eigenvalue weighted by atomic mass is 35.5. The van der Waals surface area contributed by atoms with Crippen LogP contribution in [0, 0.1) is 0 Å². The third kappa shape index (κ3) is 8.72. The minimum atomic E-state index is 0. The molecular formula is C14H22Cl3NO. The van der Waals surface area contributed by atoms with Crippen molar-refractivity contribution < 1.29 is 4.74 Å². The Morgan fingerprint density at radius 1 is 1.11 bits per heavy atom. The fourth-order valence-electron chi connectivity index (χ4n) is 1.53. The number of nitrogens with one attached hydrogen (secondary N) is 1. The Balaban J connectivity index is 0.00000324. The normalized spacial score (nSPS) is 10.3. The minimum absolute atomic E-state index is 0. The second kappa shape index (κ2) is 11.8. The highest BCUT2D eigenvalue weighted by molar-refractivity contribution is 6.42. The summed E-state index contributed by atoms with van der Waals surface area (Å²) in [5.74, 6) is 0. The molecule has 0 unspecified atom stereocenters. The lowest BCUT2D eigenvalue weighted by Crippen LogP contribution is -2.16. The van der Waals surface area contributed by atoms with Crippen LogP contribution in [0.5, 0.6) is 0 Å². The number of unbranched alkanes of at least 4 members (excludes halogenated alkanes) is 1. The fourth-order valence-corrected chi connectivity index (χ4v) is 1.85. The van der Waals surface area contributed by atoms with Crippen LogP contribution >= 0.6 is 35.6 Å². The molecule has 1 aromatic carbocycles. The van der Waals surface area contributed by atoms with Crippen molar-refractivity contribution in [2.75, 3.05) is 19.8 Å². The molecule has 0 saturated heterocycles. The van der Waals surface area contributed by atoms with Gasteiger partial charge in [0, 0.05) is 19.8 Å². The number of hydrogen-bond acceptors (Lipinski definition) is 2. The molecule has 0 atom stereocenters. The van der Waals surface area contributed by atoms with E-state index in [1.807, 2.05) is 18.2 Å². The zero-order valence-corrected chi connectivity index (χ0v) is 13.6. The molecule has 19 heavy (non-hydrogen) atoms. The van der Waals surface area contributed by atoms with Gasteiger partial charge in [0.15, 0.2) is 0 Å². The van der Waals surface area contributed by atoms with E-state index in [1.165, 1.54) is 6.42 Å². The molecule has 0 aliphatic heterocycles. The summed E-state index contributed by atoms with van der Waals surface area (Å²) < 4.78 is 5.48. The largest absolute Gasteiger partial charge is 0.381 e. The van der Waals surface area contributed by atoms with Crippen molar-refractivity contribution in [1.82, 2.24) is 5.32 Å². The van der Waals surface area contributed by atoms with Gasteiger partial charge in [-0.15, -0.1) is 12.4 Å². The second-order valence-corrected chi connectivity index (χ2v) is 5.06. The van der Waals surface area contributed by atoms with E-state index in [4.69, 9.17) is 27.9 Å². The molecule has 0 heterocycles. The van der Waals surface area contributed by atoms with Gasteiger partial charge in [-0.25, -0.2) is 0 Å². The van der Waals surface area contributed by atoms with E-state index in [9.17, 15) is 0 Å². The first-order valence-corrected chi connectivity index (χ1v) is 7.22. The van der Waals surface area contributed by atoms with Crippen LogP contribution in [0.3, 0.4) is 0 Å². The van der Waals surface area contributed by atoms with Gasteiger partial charge in [0.25, 0.3) is 0 Å². The third-order valence-corrected chi connectivity index (χ3v) is 3.34. The molecule has 1 rings (SSSR count). The van der Waals surface area contributed by atoms with E-state index in [0.29, 0.717) is 10.0 Å². The summed E-state index contributed by atoms with van der Waals surface area (Å²) in [5.41, 5.74) is 1.15. The van der Waals surface area contributed by atoms with Crippen molar-refractivity contribution in [2.24, 2.45) is 0 Å². The maximum Gasteiger partial charge on any atom is 0.0595 e. The lowest BCUT2D eigenvalue weighted by atomic mass is 10.2. The predicted octanol–water partition coefficient (Wildman–Crippen LogP) is 4.71. The Hall–Kier alpha value is 0.01000. The molecule has 0 aliphatic carbocycles. The Bertz CT molecular complexity index is 347. The average Bonchev–Trinajstić information content (AvgIpc) is 2.37. The highest BCUT2D eigenvalue weighted by Crippen LogP contribution is 2.22. The van der Waals surface area contributed by atoms with E-state index in [1.54, 1.807) is 0 Å². The van der Waals surface area contributed by atoms with E-state index in [-0.39, 0.29) is 12.4 Å². The Morgan fingerprint density at radius 2 is 1.84 bits per heavy atom. The first-order valence-electron chi connectivity index (χ1n) is 6.46. The standard InChI is InChI=1S/C14H21Cl2NO.ClH/c1-2-3-8-18-9-4-7-17-11-12-5-6-13(15)14(16)10-12;/h5-6,10,17H,2-4,7-9,11H2,1H3;1H. The van der Waals surface area contributed by atoms with Crippen molar-refractivity contribution >= 4 is 35.6 Å². The van der Waals surface area contributed by atoms with Crippen molar-refractivity contribution in [3.63, 3.8) is 0 Å². The SMILES string of the molecule is CCCCOCCCNCc1ccc(Cl)c(Cl)c1.Cl. The number of ether oxygens (including phenoxy) is 1. The molecule has 0 aliphatic rings.